The number of carbonyl (C=O) groups excluding carboxylic acids is 1. The van der Waals surface area contributed by atoms with Crippen molar-refractivity contribution in [3.05, 3.63) is 0 Å². The number of likely N-dealkylation sites (tertiary alicyclic amines) is 1. The fraction of sp³-hybridized carbons (Fsp3) is 0.941. The Labute approximate surface area is 164 Å². The Hall–Kier alpha value is -0.410. The van der Waals surface area contributed by atoms with E-state index in [1.165, 1.54) is 6.42 Å². The molecule has 0 aromatic rings. The van der Waals surface area contributed by atoms with Crippen LogP contribution in [0.3, 0.4) is 0 Å². The van der Waals surface area contributed by atoms with Crippen molar-refractivity contribution in [3.63, 3.8) is 0 Å². The molecular weight excluding hydrogens is 378 g/mol. The van der Waals surface area contributed by atoms with E-state index in [2.05, 4.69) is 10.2 Å². The molecule has 2 aliphatic rings. The third kappa shape index (κ3) is 7.31. The highest BCUT2D eigenvalue weighted by atomic mass is 35.5. The van der Waals surface area contributed by atoms with Crippen LogP contribution >= 0.6 is 12.4 Å². The Morgan fingerprint density at radius 2 is 1.96 bits per heavy atom. The maximum absolute atomic E-state index is 12.8. The zero-order valence-electron chi connectivity index (χ0n) is 16.0. The zero-order chi connectivity index (χ0) is 18.3. The molecule has 1 amide bonds. The van der Waals surface area contributed by atoms with E-state index in [9.17, 15) is 13.2 Å². The number of rotatable bonds is 9. The molecule has 0 radical (unpaired) electrons. The van der Waals surface area contributed by atoms with E-state index in [-0.39, 0.29) is 35.9 Å². The van der Waals surface area contributed by atoms with Gasteiger partial charge in [-0.05, 0) is 58.3 Å². The molecule has 2 heterocycles. The largest absolute Gasteiger partial charge is 0.383 e. The molecule has 0 saturated carbocycles. The van der Waals surface area contributed by atoms with Crippen molar-refractivity contribution >= 4 is 28.2 Å². The monoisotopic (exact) mass is 411 g/mol. The first-order valence-corrected chi connectivity index (χ1v) is 11.1. The van der Waals surface area contributed by atoms with Gasteiger partial charge in [0, 0.05) is 19.7 Å². The first-order valence-electron chi connectivity index (χ1n) is 9.31. The highest BCUT2D eigenvalue weighted by Gasteiger charge is 2.35. The Morgan fingerprint density at radius 1 is 1.27 bits per heavy atom. The average Bonchev–Trinajstić information content (AvgIpc) is 2.94. The second-order valence-corrected chi connectivity index (χ2v) is 9.48. The number of carbonyl (C=O) groups is 1. The number of ether oxygens (including phenoxy) is 1. The molecule has 154 valence electrons. The van der Waals surface area contributed by atoms with Gasteiger partial charge in [-0.3, -0.25) is 9.69 Å². The number of nitrogens with zero attached hydrogens (tertiary/aromatic N) is 2. The minimum absolute atomic E-state index is 0. The van der Waals surface area contributed by atoms with Crippen LogP contribution in [0.4, 0.5) is 0 Å². The Morgan fingerprint density at radius 3 is 2.50 bits per heavy atom. The molecule has 0 aliphatic carbocycles. The lowest BCUT2D eigenvalue weighted by molar-refractivity contribution is -0.135. The molecule has 0 aromatic heterocycles. The van der Waals surface area contributed by atoms with Gasteiger partial charge in [0.25, 0.3) is 0 Å². The molecule has 7 nitrogen and oxygen atoms in total. The Balaban J connectivity index is 0.00000338. The number of amides is 1. The Bertz CT molecular complexity index is 524. The van der Waals surface area contributed by atoms with E-state index in [0.717, 1.165) is 38.4 Å². The van der Waals surface area contributed by atoms with E-state index < -0.39 is 9.84 Å². The van der Waals surface area contributed by atoms with Crippen molar-refractivity contribution in [2.45, 2.75) is 31.7 Å². The summed E-state index contributed by atoms with van der Waals surface area (Å²) in [5.41, 5.74) is 0. The van der Waals surface area contributed by atoms with Crippen LogP contribution in [0.5, 0.6) is 0 Å². The van der Waals surface area contributed by atoms with Gasteiger partial charge in [-0.15, -0.1) is 12.4 Å². The zero-order valence-corrected chi connectivity index (χ0v) is 17.6. The highest BCUT2D eigenvalue weighted by molar-refractivity contribution is 7.91. The van der Waals surface area contributed by atoms with Crippen molar-refractivity contribution in [3.8, 4) is 0 Å². The van der Waals surface area contributed by atoms with Crippen molar-refractivity contribution in [1.82, 2.24) is 15.1 Å². The summed E-state index contributed by atoms with van der Waals surface area (Å²) in [4.78, 5) is 16.7. The van der Waals surface area contributed by atoms with E-state index >= 15 is 0 Å². The first-order chi connectivity index (χ1) is 11.9. The van der Waals surface area contributed by atoms with Crippen LogP contribution in [0, 0.1) is 5.92 Å². The van der Waals surface area contributed by atoms with Gasteiger partial charge in [-0.2, -0.15) is 0 Å². The smallest absolute Gasteiger partial charge is 0.237 e. The van der Waals surface area contributed by atoms with E-state index in [1.54, 1.807) is 12.0 Å². The van der Waals surface area contributed by atoms with Gasteiger partial charge < -0.3 is 15.0 Å². The quantitative estimate of drug-likeness (QED) is 0.591. The fourth-order valence-electron chi connectivity index (χ4n) is 3.79. The van der Waals surface area contributed by atoms with Crippen LogP contribution in [0.2, 0.25) is 0 Å². The maximum Gasteiger partial charge on any atom is 0.237 e. The molecule has 2 rings (SSSR count). The second kappa shape index (κ2) is 11.4. The van der Waals surface area contributed by atoms with Crippen LogP contribution < -0.4 is 5.32 Å². The molecular formula is C17H34ClN3O4S. The van der Waals surface area contributed by atoms with Crippen LogP contribution in [0.15, 0.2) is 0 Å². The topological polar surface area (TPSA) is 79.0 Å². The van der Waals surface area contributed by atoms with Crippen molar-refractivity contribution in [2.24, 2.45) is 5.92 Å². The van der Waals surface area contributed by atoms with Gasteiger partial charge in [0.05, 0.1) is 24.7 Å². The van der Waals surface area contributed by atoms with E-state index in [1.807, 2.05) is 7.05 Å². The van der Waals surface area contributed by atoms with Crippen molar-refractivity contribution < 1.29 is 17.9 Å². The predicted octanol–water partition coefficient (Wildman–Crippen LogP) is 0.392. The first kappa shape index (κ1) is 23.6. The van der Waals surface area contributed by atoms with E-state index in [4.69, 9.17) is 4.74 Å². The third-order valence-electron chi connectivity index (χ3n) is 5.37. The molecule has 2 aliphatic heterocycles. The van der Waals surface area contributed by atoms with Crippen LogP contribution in [-0.2, 0) is 19.4 Å². The van der Waals surface area contributed by atoms with E-state index in [0.29, 0.717) is 26.1 Å². The normalized spacial score (nSPS) is 23.5. The van der Waals surface area contributed by atoms with Gasteiger partial charge in [-0.25, -0.2) is 8.42 Å². The summed E-state index contributed by atoms with van der Waals surface area (Å²) in [6, 6.07) is -0.194. The van der Waals surface area contributed by atoms with Gasteiger partial charge in [0.15, 0.2) is 9.84 Å². The molecule has 2 saturated heterocycles. The van der Waals surface area contributed by atoms with Gasteiger partial charge in [-0.1, -0.05) is 0 Å². The lowest BCUT2D eigenvalue weighted by Crippen LogP contribution is -2.49. The summed E-state index contributed by atoms with van der Waals surface area (Å²) < 4.78 is 28.7. The minimum Gasteiger partial charge on any atom is -0.383 e. The summed E-state index contributed by atoms with van der Waals surface area (Å²) in [5, 5.41) is 3.20. The van der Waals surface area contributed by atoms with Crippen LogP contribution in [0.25, 0.3) is 0 Å². The molecule has 0 aromatic carbocycles. The number of nitrogens with one attached hydrogen (secondary N) is 1. The summed E-state index contributed by atoms with van der Waals surface area (Å²) >= 11 is 0. The molecule has 2 fully saturated rings. The van der Waals surface area contributed by atoms with Gasteiger partial charge in [0.2, 0.25) is 5.91 Å². The molecule has 26 heavy (non-hydrogen) atoms. The van der Waals surface area contributed by atoms with Crippen LogP contribution in [-0.4, -0.2) is 95.2 Å². The number of hydrogen-bond donors (Lipinski definition) is 1. The summed E-state index contributed by atoms with van der Waals surface area (Å²) in [7, 11) is 0.576. The number of sulfone groups is 1. The second-order valence-electron chi connectivity index (χ2n) is 7.25. The predicted molar refractivity (Wildman–Crippen MR) is 106 cm³/mol. The molecule has 1 N–H and O–H groups in total. The molecule has 0 spiro atoms. The number of methoxy groups -OCH3 is 1. The third-order valence-corrected chi connectivity index (χ3v) is 7.12. The minimum atomic E-state index is -3.00. The number of halogens is 1. The highest BCUT2D eigenvalue weighted by Crippen LogP contribution is 2.21. The maximum atomic E-state index is 12.8. The summed E-state index contributed by atoms with van der Waals surface area (Å²) in [5.74, 6) is 1.05. The Kier molecular flexibility index (Phi) is 10.4. The SMILES string of the molecule is CNCCC1CCN(CC(=O)N(CCOC)C2CCS(=O)(=O)C2)CC1.Cl. The molecule has 9 heteroatoms. The summed E-state index contributed by atoms with van der Waals surface area (Å²) in [6.07, 6.45) is 4.00. The standard InChI is InChI=1S/C17H33N3O4S.ClH/c1-18-7-3-15-4-8-19(9-5-15)13-17(21)20(10-11-24-2)16-6-12-25(22,23)14-16;/h15-16,18H,3-14H2,1-2H3;1H. The van der Waals surface area contributed by atoms with Crippen LogP contribution in [0.1, 0.15) is 25.7 Å². The fourth-order valence-corrected chi connectivity index (χ4v) is 5.52. The van der Waals surface area contributed by atoms with Gasteiger partial charge >= 0.3 is 0 Å². The average molecular weight is 412 g/mol. The van der Waals surface area contributed by atoms with Gasteiger partial charge in [0.1, 0.15) is 0 Å². The summed E-state index contributed by atoms with van der Waals surface area (Å²) in [6.45, 7) is 4.23. The van der Waals surface area contributed by atoms with Crippen molar-refractivity contribution in [1.29, 1.82) is 0 Å². The van der Waals surface area contributed by atoms with Crippen molar-refractivity contribution in [2.75, 3.05) is 65.0 Å². The lowest BCUT2D eigenvalue weighted by Gasteiger charge is -2.34. The number of piperidine rings is 1. The molecule has 1 atom stereocenters. The molecule has 1 unspecified atom stereocenters. The molecule has 0 bridgehead atoms. The number of hydrogen-bond acceptors (Lipinski definition) is 6. The lowest BCUT2D eigenvalue weighted by atomic mass is 9.93.